The lowest BCUT2D eigenvalue weighted by Gasteiger charge is -2.41. The number of hydrazine groups is 2. The van der Waals surface area contributed by atoms with E-state index in [1.54, 1.807) is 69.3 Å². The second-order valence-corrected chi connectivity index (χ2v) is 8.27. The van der Waals surface area contributed by atoms with Gasteiger partial charge in [-0.2, -0.15) is 0 Å². The molecule has 0 radical (unpaired) electrons. The third-order valence-corrected chi connectivity index (χ3v) is 4.56. The van der Waals surface area contributed by atoms with Crippen LogP contribution >= 0.6 is 0 Å². The number of nitrogens with two attached hydrogens (primary N) is 1. The molecule has 176 valence electrons. The van der Waals surface area contributed by atoms with Crippen molar-refractivity contribution in [3.05, 3.63) is 71.8 Å². The summed E-state index contributed by atoms with van der Waals surface area (Å²) in [5, 5.41) is 1.91. The predicted molar refractivity (Wildman–Crippen MR) is 122 cm³/mol. The maximum absolute atomic E-state index is 13.3. The Labute approximate surface area is 193 Å². The van der Waals surface area contributed by atoms with E-state index in [9.17, 15) is 19.2 Å². The normalized spacial score (nSPS) is 10.9. The van der Waals surface area contributed by atoms with Gasteiger partial charge >= 0.3 is 11.8 Å². The van der Waals surface area contributed by atoms with Crippen LogP contribution in [0.1, 0.15) is 61.3 Å². The van der Waals surface area contributed by atoms with Crippen LogP contribution < -0.4 is 5.84 Å². The van der Waals surface area contributed by atoms with Gasteiger partial charge in [-0.25, -0.2) is 15.9 Å². The topological polar surface area (TPSA) is 113 Å². The average molecular weight is 455 g/mol. The number of unbranched alkanes of at least 4 members (excludes halogenated alkanes) is 1. The molecule has 33 heavy (non-hydrogen) atoms. The summed E-state index contributed by atoms with van der Waals surface area (Å²) < 4.78 is 0. The molecule has 9 heteroatoms. The summed E-state index contributed by atoms with van der Waals surface area (Å²) in [5.41, 5.74) is -0.673. The van der Waals surface area contributed by atoms with Crippen molar-refractivity contribution < 1.29 is 24.0 Å². The Balaban J connectivity index is 2.40. The molecular formula is C24H30N4O5. The van der Waals surface area contributed by atoms with Crippen molar-refractivity contribution >= 4 is 23.6 Å². The Morgan fingerprint density at radius 1 is 0.818 bits per heavy atom. The molecule has 0 saturated heterocycles. The van der Waals surface area contributed by atoms with Crippen molar-refractivity contribution in [2.75, 3.05) is 6.61 Å². The lowest BCUT2D eigenvalue weighted by Crippen LogP contribution is -2.62. The molecule has 0 unspecified atom stereocenters. The van der Waals surface area contributed by atoms with Crippen LogP contribution in [0.25, 0.3) is 0 Å². The minimum Gasteiger partial charge on any atom is -0.267 e. The third-order valence-electron chi connectivity index (χ3n) is 4.56. The fraction of sp³-hybridized carbons (Fsp3) is 0.333. The molecule has 0 heterocycles. The minimum atomic E-state index is -1.30. The van der Waals surface area contributed by atoms with E-state index in [0.717, 1.165) is 16.6 Å². The van der Waals surface area contributed by atoms with Gasteiger partial charge in [0.2, 0.25) is 0 Å². The highest BCUT2D eigenvalue weighted by atomic mass is 16.7. The molecule has 9 nitrogen and oxygen atoms in total. The maximum Gasteiger partial charge on any atom is 0.335 e. The summed E-state index contributed by atoms with van der Waals surface area (Å²) >= 11 is 0. The van der Waals surface area contributed by atoms with E-state index in [4.69, 9.17) is 10.7 Å². The highest BCUT2D eigenvalue weighted by Crippen LogP contribution is 2.21. The Morgan fingerprint density at radius 2 is 1.30 bits per heavy atom. The second kappa shape index (κ2) is 11.3. The van der Waals surface area contributed by atoms with Gasteiger partial charge < -0.3 is 0 Å². The van der Waals surface area contributed by atoms with Crippen molar-refractivity contribution in [3.8, 4) is 0 Å². The van der Waals surface area contributed by atoms with Gasteiger partial charge in [0, 0.05) is 11.1 Å². The Hall–Kier alpha value is -3.56. The molecular weight excluding hydrogens is 424 g/mol. The van der Waals surface area contributed by atoms with E-state index in [1.807, 2.05) is 6.92 Å². The first-order valence-electron chi connectivity index (χ1n) is 10.6. The van der Waals surface area contributed by atoms with Crippen LogP contribution in [0, 0.1) is 0 Å². The number of hydrogen-bond acceptors (Lipinski definition) is 6. The third kappa shape index (κ3) is 6.47. The predicted octanol–water partition coefficient (Wildman–Crippen LogP) is 2.95. The van der Waals surface area contributed by atoms with Crippen molar-refractivity contribution in [1.82, 2.24) is 15.2 Å². The molecule has 2 rings (SSSR count). The first-order chi connectivity index (χ1) is 15.6. The molecule has 0 aliphatic heterocycles. The number of rotatable bonds is 6. The van der Waals surface area contributed by atoms with Gasteiger partial charge in [-0.3, -0.25) is 24.0 Å². The van der Waals surface area contributed by atoms with Gasteiger partial charge in [0.1, 0.15) is 0 Å². The number of hydroxylamine groups is 1. The molecule has 0 fully saturated rings. The van der Waals surface area contributed by atoms with E-state index in [0.29, 0.717) is 6.42 Å². The summed E-state index contributed by atoms with van der Waals surface area (Å²) in [6, 6.07) is 16.1. The van der Waals surface area contributed by atoms with Crippen LogP contribution in [0.5, 0.6) is 0 Å². The number of nitrogens with zero attached hydrogens (tertiary/aromatic N) is 3. The number of carbonyl (C=O) groups excluding carboxylic acids is 4. The van der Waals surface area contributed by atoms with E-state index in [-0.39, 0.29) is 22.7 Å². The lowest BCUT2D eigenvalue weighted by atomic mass is 10.1. The van der Waals surface area contributed by atoms with E-state index >= 15 is 0 Å². The van der Waals surface area contributed by atoms with Gasteiger partial charge in [0.15, 0.2) is 0 Å². The monoisotopic (exact) mass is 454 g/mol. The number of hydrogen-bond donors (Lipinski definition) is 1. The van der Waals surface area contributed by atoms with Gasteiger partial charge in [-0.15, -0.1) is 5.17 Å². The van der Waals surface area contributed by atoms with E-state index < -0.39 is 29.2 Å². The largest absolute Gasteiger partial charge is 0.335 e. The number of imide groups is 1. The molecule has 2 N–H and O–H groups in total. The second-order valence-electron chi connectivity index (χ2n) is 8.27. The zero-order valence-corrected chi connectivity index (χ0v) is 19.4. The molecule has 2 aromatic rings. The fourth-order valence-corrected chi connectivity index (χ4v) is 2.86. The molecule has 0 aliphatic rings. The SMILES string of the molecule is CCCCON(C(=O)c1ccccc1)N(C(=O)C(=O)N(N)C(=O)c1ccccc1)C(C)(C)C. The minimum absolute atomic E-state index is 0.137. The maximum atomic E-state index is 13.3. The van der Waals surface area contributed by atoms with E-state index in [1.165, 1.54) is 12.1 Å². The zero-order chi connectivity index (χ0) is 24.6. The van der Waals surface area contributed by atoms with Crippen molar-refractivity contribution in [1.29, 1.82) is 0 Å². The molecule has 0 bridgehead atoms. The highest BCUT2D eigenvalue weighted by molar-refractivity contribution is 6.38. The van der Waals surface area contributed by atoms with Gasteiger partial charge in [-0.1, -0.05) is 49.7 Å². The molecule has 0 aromatic heterocycles. The molecule has 0 spiro atoms. The summed E-state index contributed by atoms with van der Waals surface area (Å²) in [5.74, 6) is 1.75. The summed E-state index contributed by atoms with van der Waals surface area (Å²) in [6.45, 7) is 6.98. The lowest BCUT2D eigenvalue weighted by molar-refractivity contribution is -0.261. The van der Waals surface area contributed by atoms with Gasteiger partial charge in [0.05, 0.1) is 12.1 Å². The Kier molecular flexibility index (Phi) is 8.84. The standard InChI is InChI=1S/C24H30N4O5/c1-5-6-17-33-28(21(30)19-15-11-8-12-16-19)27(24(2,3)4)23(32)22(31)26(25)20(29)18-13-9-7-10-14-18/h7-16H,5-6,17,25H2,1-4H3. The number of amides is 4. The first kappa shape index (κ1) is 25.7. The average Bonchev–Trinajstić information content (AvgIpc) is 2.81. The van der Waals surface area contributed by atoms with Crippen LogP contribution in [0.15, 0.2) is 60.7 Å². The van der Waals surface area contributed by atoms with Gasteiger partial charge in [0.25, 0.3) is 11.8 Å². The number of benzene rings is 2. The molecule has 2 aromatic carbocycles. The Morgan fingerprint density at radius 3 is 1.76 bits per heavy atom. The van der Waals surface area contributed by atoms with Crippen LogP contribution in [-0.4, -0.2) is 51.0 Å². The van der Waals surface area contributed by atoms with Crippen LogP contribution in [0.4, 0.5) is 0 Å². The number of carbonyl (C=O) groups is 4. The molecule has 0 atom stereocenters. The van der Waals surface area contributed by atoms with Crippen molar-refractivity contribution in [2.24, 2.45) is 5.84 Å². The van der Waals surface area contributed by atoms with Gasteiger partial charge in [-0.05, 0) is 51.5 Å². The van der Waals surface area contributed by atoms with Crippen molar-refractivity contribution in [2.45, 2.75) is 46.1 Å². The van der Waals surface area contributed by atoms with Crippen LogP contribution in [0.3, 0.4) is 0 Å². The first-order valence-corrected chi connectivity index (χ1v) is 10.6. The Bertz CT molecular complexity index is 973. The van der Waals surface area contributed by atoms with E-state index in [2.05, 4.69) is 0 Å². The zero-order valence-electron chi connectivity index (χ0n) is 19.4. The summed E-state index contributed by atoms with van der Waals surface area (Å²) in [4.78, 5) is 57.8. The smallest absolute Gasteiger partial charge is 0.267 e. The molecule has 0 aliphatic carbocycles. The quantitative estimate of drug-likeness (QED) is 0.236. The summed E-state index contributed by atoms with van der Waals surface area (Å²) in [7, 11) is 0. The summed E-state index contributed by atoms with van der Waals surface area (Å²) in [6.07, 6.45) is 1.41. The van der Waals surface area contributed by atoms with Crippen LogP contribution in [-0.2, 0) is 14.4 Å². The molecule has 4 amide bonds. The fourth-order valence-electron chi connectivity index (χ4n) is 2.86. The highest BCUT2D eigenvalue weighted by Gasteiger charge is 2.42. The van der Waals surface area contributed by atoms with Crippen molar-refractivity contribution in [3.63, 3.8) is 0 Å². The molecule has 0 saturated carbocycles. The van der Waals surface area contributed by atoms with Crippen LogP contribution in [0.2, 0.25) is 0 Å².